The molecule has 3 N–H and O–H groups in total. The minimum Gasteiger partial charge on any atom is -0.550 e. The largest absolute Gasteiger partial charge is 0.550 e. The lowest BCUT2D eigenvalue weighted by atomic mass is 9.82. The molecule has 0 saturated carbocycles. The Balaban J connectivity index is 1.86. The number of carbonyl (C=O) groups is 3. The van der Waals surface area contributed by atoms with Crippen LogP contribution in [-0.2, 0) is 22.4 Å². The Labute approximate surface area is 143 Å². The summed E-state index contributed by atoms with van der Waals surface area (Å²) in [6.45, 7) is 0. The highest BCUT2D eigenvalue weighted by molar-refractivity contribution is 7.17. The van der Waals surface area contributed by atoms with Crippen LogP contribution in [0.4, 0.5) is 5.00 Å². The molecule has 0 aliphatic heterocycles. The summed E-state index contributed by atoms with van der Waals surface area (Å²) in [5.41, 5.74) is 6.84. The van der Waals surface area contributed by atoms with Gasteiger partial charge in [-0.05, 0) is 44.1 Å². The van der Waals surface area contributed by atoms with E-state index in [2.05, 4.69) is 5.32 Å². The summed E-state index contributed by atoms with van der Waals surface area (Å²) in [6, 6.07) is 0. The van der Waals surface area contributed by atoms with Gasteiger partial charge in [0.1, 0.15) is 5.00 Å². The highest BCUT2D eigenvalue weighted by Crippen LogP contribution is 2.38. The first-order valence-corrected chi connectivity index (χ1v) is 8.91. The van der Waals surface area contributed by atoms with E-state index < -0.39 is 29.6 Å². The third-order valence-corrected chi connectivity index (χ3v) is 5.93. The van der Waals surface area contributed by atoms with Crippen LogP contribution in [0.3, 0.4) is 0 Å². The van der Waals surface area contributed by atoms with Crippen LogP contribution in [0.5, 0.6) is 0 Å². The number of aryl methyl sites for hydroxylation is 1. The molecule has 6 nitrogen and oxygen atoms in total. The van der Waals surface area contributed by atoms with Crippen molar-refractivity contribution in [3.63, 3.8) is 0 Å². The van der Waals surface area contributed by atoms with Crippen LogP contribution >= 0.6 is 11.3 Å². The zero-order valence-electron chi connectivity index (χ0n) is 13.2. The first-order chi connectivity index (χ1) is 11.5. The third-order valence-electron chi connectivity index (χ3n) is 4.73. The van der Waals surface area contributed by atoms with Gasteiger partial charge in [-0.15, -0.1) is 11.3 Å². The lowest BCUT2D eigenvalue weighted by molar-refractivity contribution is -0.313. The zero-order valence-corrected chi connectivity index (χ0v) is 14.0. The molecule has 0 spiro atoms. The molecule has 0 unspecified atom stereocenters. The maximum absolute atomic E-state index is 12.6. The number of primary amides is 1. The van der Waals surface area contributed by atoms with Crippen LogP contribution in [0.2, 0.25) is 0 Å². The Morgan fingerprint density at radius 2 is 1.79 bits per heavy atom. The van der Waals surface area contributed by atoms with Crippen LogP contribution in [-0.4, -0.2) is 17.8 Å². The van der Waals surface area contributed by atoms with Crippen LogP contribution in [0, 0.1) is 11.8 Å². The van der Waals surface area contributed by atoms with Gasteiger partial charge in [0.05, 0.1) is 11.5 Å². The second-order valence-electron chi connectivity index (χ2n) is 6.24. The van der Waals surface area contributed by atoms with E-state index in [1.54, 1.807) is 12.2 Å². The summed E-state index contributed by atoms with van der Waals surface area (Å²) in [4.78, 5) is 36.8. The van der Waals surface area contributed by atoms with Crippen molar-refractivity contribution in [1.82, 2.24) is 0 Å². The average molecular weight is 347 g/mol. The van der Waals surface area contributed by atoms with E-state index in [0.29, 0.717) is 17.0 Å². The quantitative estimate of drug-likeness (QED) is 0.791. The van der Waals surface area contributed by atoms with E-state index in [4.69, 9.17) is 5.73 Å². The van der Waals surface area contributed by atoms with E-state index >= 15 is 0 Å². The first-order valence-electron chi connectivity index (χ1n) is 8.10. The summed E-state index contributed by atoms with van der Waals surface area (Å²) in [5, 5.41) is 14.5. The smallest absolute Gasteiger partial charge is 0.251 e. The Bertz CT molecular complexity index is 722. The van der Waals surface area contributed by atoms with Crippen LogP contribution < -0.4 is 16.2 Å². The number of carboxylic acid groups (broad SMARTS) is 1. The van der Waals surface area contributed by atoms with Gasteiger partial charge in [-0.25, -0.2) is 0 Å². The second-order valence-corrected chi connectivity index (χ2v) is 7.35. The second kappa shape index (κ2) is 6.76. The van der Waals surface area contributed by atoms with Gasteiger partial charge in [0.25, 0.3) is 5.91 Å². The number of hydrogen-bond acceptors (Lipinski definition) is 5. The molecule has 3 rings (SSSR count). The molecule has 0 fully saturated rings. The molecule has 1 aromatic heterocycles. The average Bonchev–Trinajstić information content (AvgIpc) is 2.92. The standard InChI is InChI=1S/C17H20N2O4S/c18-14(20)13-11-7-3-4-8-12(11)24-16(13)19-15(21)9-5-1-2-6-10(9)17(22)23/h1-2,9-10H,3-8H2,(H2,18,20)(H,19,21)(H,22,23)/p-1/t9-,10+/m1/s1. The highest BCUT2D eigenvalue weighted by Gasteiger charge is 2.32. The van der Waals surface area contributed by atoms with Gasteiger partial charge in [0.15, 0.2) is 0 Å². The summed E-state index contributed by atoms with van der Waals surface area (Å²) >= 11 is 1.38. The summed E-state index contributed by atoms with van der Waals surface area (Å²) in [7, 11) is 0. The molecule has 0 radical (unpaired) electrons. The molecule has 0 saturated heterocycles. The van der Waals surface area contributed by atoms with Crippen molar-refractivity contribution in [3.05, 3.63) is 28.2 Å². The van der Waals surface area contributed by atoms with Gasteiger partial charge in [-0.3, -0.25) is 9.59 Å². The number of aliphatic carboxylic acids is 1. The molecule has 2 aliphatic rings. The van der Waals surface area contributed by atoms with E-state index in [1.807, 2.05) is 0 Å². The summed E-state index contributed by atoms with van der Waals surface area (Å²) in [6.07, 6.45) is 7.90. The van der Waals surface area contributed by atoms with Gasteiger partial charge < -0.3 is 21.0 Å². The van der Waals surface area contributed by atoms with Crippen molar-refractivity contribution in [2.24, 2.45) is 17.6 Å². The third kappa shape index (κ3) is 3.08. The van der Waals surface area contributed by atoms with E-state index in [1.165, 1.54) is 11.3 Å². The fourth-order valence-electron chi connectivity index (χ4n) is 3.48. The Morgan fingerprint density at radius 1 is 1.12 bits per heavy atom. The monoisotopic (exact) mass is 347 g/mol. The molecule has 2 aliphatic carbocycles. The van der Waals surface area contributed by atoms with Gasteiger partial charge in [0, 0.05) is 16.8 Å². The van der Waals surface area contributed by atoms with Gasteiger partial charge in [-0.2, -0.15) is 0 Å². The van der Waals surface area contributed by atoms with Crippen LogP contribution in [0.25, 0.3) is 0 Å². The maximum atomic E-state index is 12.6. The maximum Gasteiger partial charge on any atom is 0.251 e. The topological polar surface area (TPSA) is 112 Å². The number of amides is 2. The van der Waals surface area contributed by atoms with E-state index in [0.717, 1.165) is 36.1 Å². The predicted molar refractivity (Wildman–Crippen MR) is 88.5 cm³/mol. The molecule has 1 heterocycles. The van der Waals surface area contributed by atoms with Gasteiger partial charge in [-0.1, -0.05) is 12.2 Å². The Morgan fingerprint density at radius 3 is 2.46 bits per heavy atom. The van der Waals surface area contributed by atoms with Crippen LogP contribution in [0.15, 0.2) is 12.2 Å². The van der Waals surface area contributed by atoms with Crippen molar-refractivity contribution in [3.8, 4) is 0 Å². The number of thiophene rings is 1. The molecule has 24 heavy (non-hydrogen) atoms. The van der Waals surface area contributed by atoms with Gasteiger partial charge >= 0.3 is 0 Å². The first kappa shape index (κ1) is 16.7. The van der Waals surface area contributed by atoms with Crippen molar-refractivity contribution < 1.29 is 19.5 Å². The number of nitrogens with two attached hydrogens (primary N) is 1. The Hall–Kier alpha value is -2.15. The minimum absolute atomic E-state index is 0.282. The number of anilines is 1. The SMILES string of the molecule is NC(=O)c1c(NC(=O)[C@@H]2CC=CC[C@@H]2C(=O)[O-])sc2c1CCCC2. The number of nitrogens with one attached hydrogen (secondary N) is 1. The lowest BCUT2D eigenvalue weighted by Gasteiger charge is -2.28. The van der Waals surface area contributed by atoms with Crippen molar-refractivity contribution >= 4 is 34.1 Å². The van der Waals surface area contributed by atoms with Crippen molar-refractivity contribution in [2.75, 3.05) is 5.32 Å². The molecule has 0 bridgehead atoms. The zero-order chi connectivity index (χ0) is 17.3. The molecular formula is C17H19N2O4S-. The summed E-state index contributed by atoms with van der Waals surface area (Å²) < 4.78 is 0. The Kier molecular flexibility index (Phi) is 4.71. The number of allylic oxidation sites excluding steroid dienone is 2. The molecular weight excluding hydrogens is 328 g/mol. The number of carbonyl (C=O) groups excluding carboxylic acids is 3. The highest BCUT2D eigenvalue weighted by atomic mass is 32.1. The molecule has 1 aromatic rings. The van der Waals surface area contributed by atoms with Gasteiger partial charge in [0.2, 0.25) is 5.91 Å². The van der Waals surface area contributed by atoms with Crippen molar-refractivity contribution in [2.45, 2.75) is 38.5 Å². The van der Waals surface area contributed by atoms with E-state index in [-0.39, 0.29) is 6.42 Å². The number of rotatable bonds is 4. The lowest BCUT2D eigenvalue weighted by Crippen LogP contribution is -2.41. The normalized spacial score (nSPS) is 22.7. The number of carboxylic acids is 1. The molecule has 2 amide bonds. The van der Waals surface area contributed by atoms with Crippen LogP contribution in [0.1, 0.15) is 46.5 Å². The molecule has 128 valence electrons. The molecule has 0 aromatic carbocycles. The fraction of sp³-hybridized carbons (Fsp3) is 0.471. The number of fused-ring (bicyclic) bond motifs is 1. The predicted octanol–water partition coefficient (Wildman–Crippen LogP) is 0.997. The molecule has 2 atom stereocenters. The van der Waals surface area contributed by atoms with E-state index in [9.17, 15) is 19.5 Å². The summed E-state index contributed by atoms with van der Waals surface area (Å²) in [5.74, 6) is -3.71. The minimum atomic E-state index is -1.22. The number of hydrogen-bond donors (Lipinski definition) is 2. The van der Waals surface area contributed by atoms with Crippen molar-refractivity contribution in [1.29, 1.82) is 0 Å². The fourth-order valence-corrected chi connectivity index (χ4v) is 4.78. The molecule has 7 heteroatoms.